The largest absolute Gasteiger partial charge is 0.454 e. The van der Waals surface area contributed by atoms with Gasteiger partial charge >= 0.3 is 5.97 Å². The van der Waals surface area contributed by atoms with Gasteiger partial charge in [-0.2, -0.15) is 0 Å². The summed E-state index contributed by atoms with van der Waals surface area (Å²) in [4.78, 5) is 28.0. The molecule has 6 heteroatoms. The first-order valence-corrected chi connectivity index (χ1v) is 8.43. The van der Waals surface area contributed by atoms with Crippen LogP contribution in [0, 0.1) is 0 Å². The standard InChI is InChI=1S/C18H15Cl2NO3/c19-15-8-14(9-21-17(15)20)18(23)24-10-16(22)13-6-5-11-3-1-2-4-12(11)7-13/h5-9H,1-4,10H2. The van der Waals surface area contributed by atoms with Crippen molar-refractivity contribution in [3.63, 3.8) is 0 Å². The Morgan fingerprint density at radius 3 is 2.54 bits per heavy atom. The molecule has 0 aliphatic heterocycles. The Morgan fingerprint density at radius 1 is 1.04 bits per heavy atom. The third-order valence-corrected chi connectivity index (χ3v) is 4.72. The molecule has 0 atom stereocenters. The number of esters is 1. The van der Waals surface area contributed by atoms with Gasteiger partial charge in [0.2, 0.25) is 0 Å². The lowest BCUT2D eigenvalue weighted by Crippen LogP contribution is -2.15. The predicted molar refractivity (Wildman–Crippen MR) is 92.0 cm³/mol. The van der Waals surface area contributed by atoms with Crippen LogP contribution in [0.5, 0.6) is 0 Å². The van der Waals surface area contributed by atoms with Crippen molar-refractivity contribution in [2.24, 2.45) is 0 Å². The number of nitrogens with zero attached hydrogens (tertiary/aromatic N) is 1. The van der Waals surface area contributed by atoms with E-state index in [-0.39, 0.29) is 28.1 Å². The maximum atomic E-state index is 12.2. The SMILES string of the molecule is O=C(COC(=O)c1cnc(Cl)c(Cl)c1)c1ccc2c(c1)CCCC2. The highest BCUT2D eigenvalue weighted by atomic mass is 35.5. The van der Waals surface area contributed by atoms with E-state index in [0.29, 0.717) is 5.56 Å². The Labute approximate surface area is 149 Å². The lowest BCUT2D eigenvalue weighted by molar-refractivity contribution is 0.0474. The van der Waals surface area contributed by atoms with Crippen molar-refractivity contribution in [2.45, 2.75) is 25.7 Å². The maximum Gasteiger partial charge on any atom is 0.340 e. The first kappa shape index (κ1) is 16.9. The number of Topliss-reactive ketones (excluding diaryl/α,β-unsaturated/α-hetero) is 1. The van der Waals surface area contributed by atoms with Gasteiger partial charge in [0.05, 0.1) is 10.6 Å². The molecular weight excluding hydrogens is 349 g/mol. The number of hydrogen-bond donors (Lipinski definition) is 0. The molecule has 24 heavy (non-hydrogen) atoms. The minimum atomic E-state index is -0.660. The lowest BCUT2D eigenvalue weighted by Gasteiger charge is -2.16. The highest BCUT2D eigenvalue weighted by Crippen LogP contribution is 2.23. The summed E-state index contributed by atoms with van der Waals surface area (Å²) in [7, 11) is 0. The number of aryl methyl sites for hydroxylation is 2. The number of ketones is 1. The first-order chi connectivity index (χ1) is 11.5. The fraction of sp³-hybridized carbons (Fsp3) is 0.278. The molecule has 0 fully saturated rings. The van der Waals surface area contributed by atoms with Gasteiger partial charge in [0.25, 0.3) is 0 Å². The first-order valence-electron chi connectivity index (χ1n) is 7.68. The number of carbonyl (C=O) groups is 2. The molecule has 0 spiro atoms. The maximum absolute atomic E-state index is 12.2. The third kappa shape index (κ3) is 3.77. The van der Waals surface area contributed by atoms with E-state index in [1.54, 1.807) is 6.07 Å². The van der Waals surface area contributed by atoms with E-state index >= 15 is 0 Å². The normalized spacial score (nSPS) is 13.2. The Bertz CT molecular complexity index is 805. The number of aromatic nitrogens is 1. The Morgan fingerprint density at radius 2 is 1.79 bits per heavy atom. The van der Waals surface area contributed by atoms with Crippen LogP contribution < -0.4 is 0 Å². The van der Waals surface area contributed by atoms with Gasteiger partial charge in [-0.25, -0.2) is 9.78 Å². The van der Waals surface area contributed by atoms with Crippen LogP contribution in [0.3, 0.4) is 0 Å². The fourth-order valence-electron chi connectivity index (χ4n) is 2.74. The summed E-state index contributed by atoms with van der Waals surface area (Å²) in [5, 5.41) is 0.269. The molecule has 1 aromatic heterocycles. The summed E-state index contributed by atoms with van der Waals surface area (Å²) in [5.74, 6) is -0.892. The van der Waals surface area contributed by atoms with Gasteiger partial charge in [0, 0.05) is 11.8 Å². The van der Waals surface area contributed by atoms with Crippen LogP contribution in [0.4, 0.5) is 0 Å². The predicted octanol–water partition coefficient (Wildman–Crippen LogP) is 4.31. The van der Waals surface area contributed by atoms with Gasteiger partial charge in [-0.05, 0) is 48.9 Å². The summed E-state index contributed by atoms with van der Waals surface area (Å²) in [5.41, 5.74) is 3.24. The molecule has 0 saturated carbocycles. The van der Waals surface area contributed by atoms with E-state index in [4.69, 9.17) is 27.9 Å². The van der Waals surface area contributed by atoms with Crippen LogP contribution in [0.2, 0.25) is 10.2 Å². The van der Waals surface area contributed by atoms with Gasteiger partial charge in [0.15, 0.2) is 12.4 Å². The molecule has 1 aliphatic carbocycles. The number of rotatable bonds is 4. The highest BCUT2D eigenvalue weighted by molar-refractivity contribution is 6.41. The molecule has 0 radical (unpaired) electrons. The van der Waals surface area contributed by atoms with Crippen molar-refractivity contribution in [3.8, 4) is 0 Å². The van der Waals surface area contributed by atoms with Crippen molar-refractivity contribution in [2.75, 3.05) is 6.61 Å². The number of halogens is 2. The molecule has 4 nitrogen and oxygen atoms in total. The zero-order valence-electron chi connectivity index (χ0n) is 12.9. The molecule has 1 aromatic carbocycles. The van der Waals surface area contributed by atoms with E-state index in [0.717, 1.165) is 19.3 Å². The zero-order valence-corrected chi connectivity index (χ0v) is 14.4. The van der Waals surface area contributed by atoms with Crippen LogP contribution in [0.15, 0.2) is 30.5 Å². The van der Waals surface area contributed by atoms with Gasteiger partial charge in [0.1, 0.15) is 5.15 Å². The van der Waals surface area contributed by atoms with Gasteiger partial charge in [-0.1, -0.05) is 35.3 Å². The summed E-state index contributed by atoms with van der Waals surface area (Å²) in [6.07, 6.45) is 5.65. The second-order valence-corrected chi connectivity index (χ2v) is 6.45. The summed E-state index contributed by atoms with van der Waals surface area (Å²) in [6, 6.07) is 7.06. The van der Waals surface area contributed by atoms with Crippen LogP contribution in [-0.2, 0) is 17.6 Å². The highest BCUT2D eigenvalue weighted by Gasteiger charge is 2.16. The quantitative estimate of drug-likeness (QED) is 0.461. The smallest absolute Gasteiger partial charge is 0.340 e. The van der Waals surface area contributed by atoms with Crippen molar-refractivity contribution < 1.29 is 14.3 Å². The topological polar surface area (TPSA) is 56.3 Å². The van der Waals surface area contributed by atoms with Crippen molar-refractivity contribution >= 4 is 35.0 Å². The minimum absolute atomic E-state index is 0.110. The van der Waals surface area contributed by atoms with Gasteiger partial charge in [-0.3, -0.25) is 4.79 Å². The number of carbonyl (C=O) groups excluding carboxylic acids is 2. The van der Waals surface area contributed by atoms with E-state index in [1.807, 2.05) is 12.1 Å². The second-order valence-electron chi connectivity index (χ2n) is 5.69. The number of benzene rings is 1. The molecule has 0 unspecified atom stereocenters. The monoisotopic (exact) mass is 363 g/mol. The van der Waals surface area contributed by atoms with Crippen LogP contribution in [0.25, 0.3) is 0 Å². The number of fused-ring (bicyclic) bond motifs is 1. The number of hydrogen-bond acceptors (Lipinski definition) is 4. The van der Waals surface area contributed by atoms with E-state index in [9.17, 15) is 9.59 Å². The molecule has 0 bridgehead atoms. The van der Waals surface area contributed by atoms with E-state index < -0.39 is 5.97 Å². The van der Waals surface area contributed by atoms with Crippen LogP contribution in [-0.4, -0.2) is 23.3 Å². The zero-order chi connectivity index (χ0) is 17.1. The Kier molecular flexibility index (Phi) is 5.17. The van der Waals surface area contributed by atoms with Gasteiger partial charge in [-0.15, -0.1) is 0 Å². The lowest BCUT2D eigenvalue weighted by atomic mass is 9.90. The minimum Gasteiger partial charge on any atom is -0.454 e. The molecule has 1 heterocycles. The molecule has 0 N–H and O–H groups in total. The second kappa shape index (κ2) is 7.32. The molecule has 2 aromatic rings. The van der Waals surface area contributed by atoms with Crippen molar-refractivity contribution in [1.82, 2.24) is 4.98 Å². The molecule has 0 saturated heterocycles. The summed E-state index contributed by atoms with van der Waals surface area (Å²) in [6.45, 7) is -0.322. The molecule has 124 valence electrons. The van der Waals surface area contributed by atoms with Crippen LogP contribution in [0.1, 0.15) is 44.7 Å². The average molecular weight is 364 g/mol. The summed E-state index contributed by atoms with van der Waals surface area (Å²) >= 11 is 11.5. The average Bonchev–Trinajstić information content (AvgIpc) is 2.61. The van der Waals surface area contributed by atoms with Crippen molar-refractivity contribution in [3.05, 3.63) is 62.9 Å². The Hall–Kier alpha value is -1.91. The third-order valence-electron chi connectivity index (χ3n) is 4.04. The van der Waals surface area contributed by atoms with Gasteiger partial charge < -0.3 is 4.74 Å². The molecule has 1 aliphatic rings. The van der Waals surface area contributed by atoms with Crippen LogP contribution >= 0.6 is 23.2 Å². The van der Waals surface area contributed by atoms with E-state index in [2.05, 4.69) is 4.98 Å². The fourth-order valence-corrected chi connectivity index (χ4v) is 3.01. The summed E-state index contributed by atoms with van der Waals surface area (Å²) < 4.78 is 5.05. The molecule has 3 rings (SSSR count). The molecule has 0 amide bonds. The van der Waals surface area contributed by atoms with E-state index in [1.165, 1.54) is 29.8 Å². The Balaban J connectivity index is 1.64. The van der Waals surface area contributed by atoms with Crippen molar-refractivity contribution in [1.29, 1.82) is 0 Å². The number of pyridine rings is 1. The molecular formula is C18H15Cl2NO3. The number of ether oxygens (including phenoxy) is 1.